The van der Waals surface area contributed by atoms with Gasteiger partial charge in [0, 0.05) is 18.1 Å². The SMILES string of the molecule is C/C=C\C=C(/NC)N1C(=O)Nc2c(C)sc3nccc1c23. The first-order valence-electron chi connectivity index (χ1n) is 6.67. The van der Waals surface area contributed by atoms with E-state index in [1.165, 1.54) is 0 Å². The molecule has 2 amide bonds. The molecule has 3 rings (SSSR count). The zero-order chi connectivity index (χ0) is 15.0. The minimum Gasteiger partial charge on any atom is -0.374 e. The Bertz CT molecular complexity index is 775. The van der Waals surface area contributed by atoms with E-state index in [2.05, 4.69) is 15.6 Å². The van der Waals surface area contributed by atoms with Gasteiger partial charge in [0.25, 0.3) is 0 Å². The smallest absolute Gasteiger partial charge is 0.332 e. The highest BCUT2D eigenvalue weighted by Gasteiger charge is 2.30. The Labute approximate surface area is 127 Å². The van der Waals surface area contributed by atoms with Crippen LogP contribution in [0.25, 0.3) is 10.2 Å². The number of pyridine rings is 1. The van der Waals surface area contributed by atoms with Crippen molar-refractivity contribution in [1.82, 2.24) is 10.3 Å². The van der Waals surface area contributed by atoms with Crippen LogP contribution in [0.4, 0.5) is 16.2 Å². The Kier molecular flexibility index (Phi) is 3.39. The zero-order valence-corrected chi connectivity index (χ0v) is 12.9. The summed E-state index contributed by atoms with van der Waals surface area (Å²) in [4.78, 5) is 20.6. The summed E-state index contributed by atoms with van der Waals surface area (Å²) in [5.74, 6) is 0.715. The van der Waals surface area contributed by atoms with Crippen LogP contribution in [0.5, 0.6) is 0 Å². The topological polar surface area (TPSA) is 57.3 Å². The van der Waals surface area contributed by atoms with E-state index in [0.29, 0.717) is 5.82 Å². The molecule has 0 saturated carbocycles. The molecular weight excluding hydrogens is 284 g/mol. The van der Waals surface area contributed by atoms with E-state index in [9.17, 15) is 4.79 Å². The summed E-state index contributed by atoms with van der Waals surface area (Å²) in [6.45, 7) is 3.93. The molecule has 0 unspecified atom stereocenters. The van der Waals surface area contributed by atoms with Gasteiger partial charge in [-0.2, -0.15) is 0 Å². The molecule has 5 nitrogen and oxygen atoms in total. The van der Waals surface area contributed by atoms with E-state index >= 15 is 0 Å². The third-order valence-corrected chi connectivity index (χ3v) is 4.38. The van der Waals surface area contributed by atoms with E-state index < -0.39 is 0 Å². The molecule has 1 aliphatic rings. The highest BCUT2D eigenvalue weighted by Crippen LogP contribution is 2.43. The van der Waals surface area contributed by atoms with E-state index in [1.54, 1.807) is 29.5 Å². The number of carbonyl (C=O) groups is 1. The van der Waals surface area contributed by atoms with Crippen molar-refractivity contribution >= 4 is 39.0 Å². The predicted octanol–water partition coefficient (Wildman–Crippen LogP) is 3.59. The Balaban J connectivity index is 2.24. The van der Waals surface area contributed by atoms with Crippen molar-refractivity contribution < 1.29 is 4.79 Å². The molecule has 0 radical (unpaired) electrons. The first-order chi connectivity index (χ1) is 10.2. The molecule has 0 bridgehead atoms. The van der Waals surface area contributed by atoms with Gasteiger partial charge in [-0.15, -0.1) is 11.3 Å². The number of amides is 2. The van der Waals surface area contributed by atoms with Gasteiger partial charge in [-0.3, -0.25) is 0 Å². The number of hydrogen-bond acceptors (Lipinski definition) is 4. The second-order valence-electron chi connectivity index (χ2n) is 4.64. The lowest BCUT2D eigenvalue weighted by molar-refractivity contribution is 0.258. The number of nitrogens with zero attached hydrogens (tertiary/aromatic N) is 2. The van der Waals surface area contributed by atoms with E-state index in [4.69, 9.17) is 0 Å². The Morgan fingerprint density at radius 3 is 3.05 bits per heavy atom. The summed E-state index contributed by atoms with van der Waals surface area (Å²) < 4.78 is 0. The van der Waals surface area contributed by atoms with Crippen LogP contribution in [0.2, 0.25) is 0 Å². The van der Waals surface area contributed by atoms with E-state index in [-0.39, 0.29) is 6.03 Å². The zero-order valence-electron chi connectivity index (χ0n) is 12.1. The van der Waals surface area contributed by atoms with Gasteiger partial charge in [-0.1, -0.05) is 12.2 Å². The second-order valence-corrected chi connectivity index (χ2v) is 5.84. The van der Waals surface area contributed by atoms with Crippen LogP contribution in [0.3, 0.4) is 0 Å². The van der Waals surface area contributed by atoms with Gasteiger partial charge in [0.1, 0.15) is 10.7 Å². The maximum Gasteiger partial charge on any atom is 0.332 e. The lowest BCUT2D eigenvalue weighted by atomic mass is 10.1. The summed E-state index contributed by atoms with van der Waals surface area (Å²) in [5.41, 5.74) is 1.73. The van der Waals surface area contributed by atoms with E-state index in [1.807, 2.05) is 38.1 Å². The molecule has 0 aliphatic carbocycles. The fourth-order valence-corrected chi connectivity index (χ4v) is 3.39. The number of rotatable bonds is 3. The molecule has 2 aromatic heterocycles. The molecule has 21 heavy (non-hydrogen) atoms. The maximum absolute atomic E-state index is 12.5. The molecule has 0 spiro atoms. The largest absolute Gasteiger partial charge is 0.374 e. The van der Waals surface area contributed by atoms with Crippen molar-refractivity contribution in [2.75, 3.05) is 17.3 Å². The number of aryl methyl sites for hydroxylation is 1. The minimum absolute atomic E-state index is 0.165. The summed E-state index contributed by atoms with van der Waals surface area (Å²) in [6, 6.07) is 1.71. The average Bonchev–Trinajstić information content (AvgIpc) is 2.79. The summed E-state index contributed by atoms with van der Waals surface area (Å²) in [5, 5.41) is 7.04. The summed E-state index contributed by atoms with van der Waals surface area (Å²) >= 11 is 1.59. The molecule has 108 valence electrons. The normalized spacial score (nSPS) is 14.9. The third-order valence-electron chi connectivity index (χ3n) is 3.37. The number of hydrogen-bond donors (Lipinski definition) is 2. The van der Waals surface area contributed by atoms with Crippen LogP contribution in [0.15, 0.2) is 36.3 Å². The van der Waals surface area contributed by atoms with Crippen molar-refractivity contribution in [3.05, 3.63) is 41.2 Å². The van der Waals surface area contributed by atoms with Crippen LogP contribution >= 0.6 is 11.3 Å². The summed E-state index contributed by atoms with van der Waals surface area (Å²) in [7, 11) is 1.80. The van der Waals surface area contributed by atoms with Crippen LogP contribution in [-0.2, 0) is 0 Å². The fourth-order valence-electron chi connectivity index (χ4n) is 2.42. The first-order valence-corrected chi connectivity index (χ1v) is 7.49. The van der Waals surface area contributed by atoms with Crippen molar-refractivity contribution in [2.45, 2.75) is 13.8 Å². The predicted molar refractivity (Wildman–Crippen MR) is 87.8 cm³/mol. The Hall–Kier alpha value is -2.34. The Morgan fingerprint density at radius 1 is 1.52 bits per heavy atom. The molecule has 0 saturated heterocycles. The average molecular weight is 300 g/mol. The lowest BCUT2D eigenvalue weighted by Crippen LogP contribution is -2.40. The van der Waals surface area contributed by atoms with E-state index in [0.717, 1.165) is 26.5 Å². The number of nitrogens with one attached hydrogen (secondary N) is 2. The molecule has 1 aliphatic heterocycles. The highest BCUT2D eigenvalue weighted by molar-refractivity contribution is 7.19. The van der Waals surface area contributed by atoms with Crippen molar-refractivity contribution in [3.63, 3.8) is 0 Å². The van der Waals surface area contributed by atoms with Gasteiger partial charge in [-0.25, -0.2) is 14.7 Å². The molecule has 2 aromatic rings. The number of anilines is 2. The molecule has 6 heteroatoms. The molecule has 0 fully saturated rings. The molecular formula is C15H16N4OS. The maximum atomic E-state index is 12.5. The van der Waals surface area contributed by atoms with Crippen LogP contribution in [0, 0.1) is 6.92 Å². The highest BCUT2D eigenvalue weighted by atomic mass is 32.1. The molecule has 2 N–H and O–H groups in total. The van der Waals surface area contributed by atoms with Gasteiger partial charge in [0.05, 0.1) is 16.8 Å². The number of urea groups is 1. The van der Waals surface area contributed by atoms with Crippen LogP contribution in [0.1, 0.15) is 11.8 Å². The van der Waals surface area contributed by atoms with Gasteiger partial charge in [-0.05, 0) is 26.0 Å². The fraction of sp³-hybridized carbons (Fsp3) is 0.200. The minimum atomic E-state index is -0.165. The van der Waals surface area contributed by atoms with Gasteiger partial charge < -0.3 is 10.6 Å². The third kappa shape index (κ3) is 2.08. The number of carbonyl (C=O) groups excluding carboxylic acids is 1. The van der Waals surface area contributed by atoms with Crippen molar-refractivity contribution in [3.8, 4) is 0 Å². The summed E-state index contributed by atoms with van der Waals surface area (Å²) in [6.07, 6.45) is 7.43. The lowest BCUT2D eigenvalue weighted by Gasteiger charge is -2.29. The Morgan fingerprint density at radius 2 is 2.33 bits per heavy atom. The standard InChI is InChI=1S/C15H16N4OS/c1-4-5-6-11(16-3)19-10-7-8-17-14-12(10)13(9(2)21-14)18-15(19)20/h4-8,16H,1-3H3,(H,18,20)/b5-4-,11-6+. The molecule has 0 aromatic carbocycles. The monoisotopic (exact) mass is 300 g/mol. The molecule has 3 heterocycles. The number of aromatic nitrogens is 1. The molecule has 0 atom stereocenters. The first kappa shape index (κ1) is 13.6. The van der Waals surface area contributed by atoms with Gasteiger partial charge in [0.15, 0.2) is 0 Å². The number of allylic oxidation sites excluding steroid dienone is 3. The van der Waals surface area contributed by atoms with Crippen molar-refractivity contribution in [2.24, 2.45) is 0 Å². The van der Waals surface area contributed by atoms with Crippen molar-refractivity contribution in [1.29, 1.82) is 0 Å². The van der Waals surface area contributed by atoms with Gasteiger partial charge in [0.2, 0.25) is 0 Å². The van der Waals surface area contributed by atoms with Crippen LogP contribution < -0.4 is 15.5 Å². The van der Waals surface area contributed by atoms with Crippen LogP contribution in [-0.4, -0.2) is 18.1 Å². The quantitative estimate of drug-likeness (QED) is 0.852. The second kappa shape index (κ2) is 5.21. The number of thiophene rings is 1. The van der Waals surface area contributed by atoms with Gasteiger partial charge >= 0.3 is 6.03 Å².